The normalized spacial score (nSPS) is 28.7. The van der Waals surface area contributed by atoms with E-state index in [1.54, 1.807) is 0 Å². The molecule has 3 fully saturated rings. The van der Waals surface area contributed by atoms with Crippen LogP contribution in [-0.2, 0) is 10.3 Å². The van der Waals surface area contributed by atoms with Crippen molar-refractivity contribution < 1.29 is 14.3 Å². The van der Waals surface area contributed by atoms with Crippen molar-refractivity contribution >= 4 is 6.09 Å². The van der Waals surface area contributed by atoms with Gasteiger partial charge in [0.1, 0.15) is 11.9 Å². The number of nitrogens with zero attached hydrogens (tertiary/aromatic N) is 2. The largest absolute Gasteiger partial charge is 0.493 e. The number of amides is 1. The summed E-state index contributed by atoms with van der Waals surface area (Å²) in [6.07, 6.45) is 2.52. The molecule has 2 aromatic carbocycles. The van der Waals surface area contributed by atoms with Crippen LogP contribution in [0.3, 0.4) is 0 Å². The summed E-state index contributed by atoms with van der Waals surface area (Å²) in [6, 6.07) is 15.7. The Bertz CT molecular complexity index is 1040. The summed E-state index contributed by atoms with van der Waals surface area (Å²) in [5.41, 5.74) is 2.79. The number of carbonyl (C=O) groups excluding carboxylic acids is 1. The van der Waals surface area contributed by atoms with Crippen LogP contribution in [0.5, 0.6) is 5.75 Å². The molecule has 160 valence electrons. The summed E-state index contributed by atoms with van der Waals surface area (Å²) in [5.74, 6) is 1.22. The van der Waals surface area contributed by atoms with Gasteiger partial charge in [0.2, 0.25) is 0 Å². The van der Waals surface area contributed by atoms with Crippen molar-refractivity contribution in [2.24, 2.45) is 5.92 Å². The van der Waals surface area contributed by atoms with Gasteiger partial charge in [-0.1, -0.05) is 30.3 Å². The molecular formula is C25H27N3O3. The van der Waals surface area contributed by atoms with E-state index in [1.807, 2.05) is 49.4 Å². The van der Waals surface area contributed by atoms with E-state index in [1.165, 1.54) is 0 Å². The first-order valence-electron chi connectivity index (χ1n) is 11.0. The standard InChI is InChI=1S/C25H27N3O3/c1-25(27-24(29)31-23-16-28-11-8-17(23)9-12-28)10-13-30-22-14-18(6-7-21(22)25)20-5-3-2-4-19(20)15-26/h2-7,14,17,23H,8-13,16H2,1H3,(H,27,29)/t23-,25?/m1/s1. The predicted molar refractivity (Wildman–Crippen MR) is 117 cm³/mol. The van der Waals surface area contributed by atoms with Gasteiger partial charge < -0.3 is 14.8 Å². The Morgan fingerprint density at radius 2 is 2.06 bits per heavy atom. The average molecular weight is 418 g/mol. The number of benzene rings is 2. The van der Waals surface area contributed by atoms with Gasteiger partial charge in [0.05, 0.1) is 23.8 Å². The number of rotatable bonds is 3. The predicted octanol–water partition coefficient (Wildman–Crippen LogP) is 4.04. The van der Waals surface area contributed by atoms with Crippen molar-refractivity contribution in [3.63, 3.8) is 0 Å². The van der Waals surface area contributed by atoms with Gasteiger partial charge in [-0.3, -0.25) is 4.90 Å². The highest BCUT2D eigenvalue weighted by molar-refractivity contribution is 5.73. The maximum absolute atomic E-state index is 12.8. The molecule has 0 aliphatic carbocycles. The van der Waals surface area contributed by atoms with E-state index < -0.39 is 5.54 Å². The van der Waals surface area contributed by atoms with Crippen molar-refractivity contribution in [1.29, 1.82) is 5.26 Å². The fraction of sp³-hybridized carbons (Fsp3) is 0.440. The summed E-state index contributed by atoms with van der Waals surface area (Å²) < 4.78 is 11.8. The van der Waals surface area contributed by atoms with Crippen molar-refractivity contribution in [2.45, 2.75) is 37.8 Å². The van der Waals surface area contributed by atoms with Crippen LogP contribution < -0.4 is 10.1 Å². The number of hydrogen-bond acceptors (Lipinski definition) is 5. The Hall–Kier alpha value is -3.04. The minimum atomic E-state index is -0.564. The second-order valence-corrected chi connectivity index (χ2v) is 9.01. The molecule has 31 heavy (non-hydrogen) atoms. The Morgan fingerprint density at radius 3 is 2.81 bits per heavy atom. The maximum Gasteiger partial charge on any atom is 0.408 e. The van der Waals surface area contributed by atoms with Gasteiger partial charge >= 0.3 is 6.09 Å². The average Bonchev–Trinajstić information content (AvgIpc) is 2.79. The van der Waals surface area contributed by atoms with Gasteiger partial charge in [-0.15, -0.1) is 0 Å². The zero-order valence-corrected chi connectivity index (χ0v) is 17.8. The molecule has 0 saturated carbocycles. The minimum Gasteiger partial charge on any atom is -0.493 e. The molecule has 6 nitrogen and oxygen atoms in total. The SMILES string of the molecule is CC1(NC(=O)O[C@@H]2CN3CCC2CC3)CCOc2cc(-c3ccccc3C#N)ccc21. The third kappa shape index (κ3) is 3.75. The summed E-state index contributed by atoms with van der Waals surface area (Å²) in [6.45, 7) is 5.61. The summed E-state index contributed by atoms with van der Waals surface area (Å²) >= 11 is 0. The van der Waals surface area contributed by atoms with E-state index in [0.29, 0.717) is 24.5 Å². The molecule has 4 aliphatic rings. The van der Waals surface area contributed by atoms with Gasteiger partial charge in [0.15, 0.2) is 0 Å². The van der Waals surface area contributed by atoms with Crippen molar-refractivity contribution in [2.75, 3.05) is 26.2 Å². The minimum absolute atomic E-state index is 0.0183. The zero-order valence-electron chi connectivity index (χ0n) is 17.8. The fourth-order valence-electron chi connectivity index (χ4n) is 5.16. The maximum atomic E-state index is 12.8. The lowest BCUT2D eigenvalue weighted by molar-refractivity contribution is -0.0358. The Kier molecular flexibility index (Phi) is 5.07. The van der Waals surface area contributed by atoms with Crippen molar-refractivity contribution in [1.82, 2.24) is 10.2 Å². The van der Waals surface area contributed by atoms with Crippen LogP contribution in [0, 0.1) is 17.2 Å². The van der Waals surface area contributed by atoms with E-state index in [4.69, 9.17) is 9.47 Å². The number of nitrogens with one attached hydrogen (secondary N) is 1. The highest BCUT2D eigenvalue weighted by atomic mass is 16.6. The van der Waals surface area contributed by atoms with Crippen LogP contribution in [0.15, 0.2) is 42.5 Å². The topological polar surface area (TPSA) is 74.6 Å². The van der Waals surface area contributed by atoms with Crippen LogP contribution in [-0.4, -0.2) is 43.3 Å². The quantitative estimate of drug-likeness (QED) is 0.816. The second-order valence-electron chi connectivity index (χ2n) is 9.01. The zero-order chi connectivity index (χ0) is 21.4. The first kappa shape index (κ1) is 19.9. The van der Waals surface area contributed by atoms with Crippen LogP contribution in [0.25, 0.3) is 11.1 Å². The number of alkyl carbamates (subject to hydrolysis) is 1. The molecule has 0 aromatic heterocycles. The van der Waals surface area contributed by atoms with Crippen LogP contribution in [0.1, 0.15) is 37.3 Å². The molecule has 6 heteroatoms. The molecule has 2 atom stereocenters. The molecule has 1 unspecified atom stereocenters. The second kappa shape index (κ2) is 7.90. The molecule has 4 heterocycles. The lowest BCUT2D eigenvalue weighted by atomic mass is 9.85. The van der Waals surface area contributed by atoms with Crippen LogP contribution in [0.2, 0.25) is 0 Å². The Labute approximate surface area is 182 Å². The van der Waals surface area contributed by atoms with Gasteiger partial charge in [0, 0.05) is 18.5 Å². The first-order valence-corrected chi connectivity index (χ1v) is 11.0. The first-order chi connectivity index (χ1) is 15.1. The molecule has 3 saturated heterocycles. The third-order valence-corrected chi connectivity index (χ3v) is 7.03. The molecule has 4 aliphatic heterocycles. The van der Waals surface area contributed by atoms with Gasteiger partial charge in [-0.2, -0.15) is 5.26 Å². The van der Waals surface area contributed by atoms with E-state index in [2.05, 4.69) is 16.3 Å². The monoisotopic (exact) mass is 417 g/mol. The Morgan fingerprint density at radius 1 is 1.26 bits per heavy atom. The number of nitriles is 1. The van der Waals surface area contributed by atoms with Gasteiger partial charge in [0.25, 0.3) is 0 Å². The molecule has 2 aromatic rings. The van der Waals surface area contributed by atoms with E-state index in [0.717, 1.165) is 54.9 Å². The highest BCUT2D eigenvalue weighted by Crippen LogP contribution is 2.40. The summed E-state index contributed by atoms with van der Waals surface area (Å²) in [5, 5.41) is 12.6. The molecule has 0 radical (unpaired) electrons. The Balaban J connectivity index is 1.35. The van der Waals surface area contributed by atoms with Crippen LogP contribution in [0.4, 0.5) is 4.79 Å². The number of carbonyl (C=O) groups is 1. The lowest BCUT2D eigenvalue weighted by Crippen LogP contribution is -2.54. The lowest BCUT2D eigenvalue weighted by Gasteiger charge is -2.44. The molecular weight excluding hydrogens is 390 g/mol. The molecule has 0 spiro atoms. The smallest absolute Gasteiger partial charge is 0.408 e. The van der Waals surface area contributed by atoms with Gasteiger partial charge in [-0.25, -0.2) is 4.79 Å². The third-order valence-electron chi connectivity index (χ3n) is 7.03. The van der Waals surface area contributed by atoms with Crippen molar-refractivity contribution in [3.8, 4) is 22.9 Å². The number of fused-ring (bicyclic) bond motifs is 4. The van der Waals surface area contributed by atoms with Crippen LogP contribution >= 0.6 is 0 Å². The molecule has 1 amide bonds. The number of hydrogen-bond donors (Lipinski definition) is 1. The number of ether oxygens (including phenoxy) is 2. The van der Waals surface area contributed by atoms with E-state index >= 15 is 0 Å². The highest BCUT2D eigenvalue weighted by Gasteiger charge is 2.39. The summed E-state index contributed by atoms with van der Waals surface area (Å²) in [4.78, 5) is 15.2. The fourth-order valence-corrected chi connectivity index (χ4v) is 5.16. The number of piperidine rings is 3. The van der Waals surface area contributed by atoms with E-state index in [9.17, 15) is 10.1 Å². The molecule has 2 bridgehead atoms. The van der Waals surface area contributed by atoms with Gasteiger partial charge in [-0.05, 0) is 62.0 Å². The molecule has 1 N–H and O–H groups in total. The summed E-state index contributed by atoms with van der Waals surface area (Å²) in [7, 11) is 0. The van der Waals surface area contributed by atoms with Crippen molar-refractivity contribution in [3.05, 3.63) is 53.6 Å². The van der Waals surface area contributed by atoms with E-state index in [-0.39, 0.29) is 12.2 Å². The molecule has 6 rings (SSSR count).